The minimum absolute atomic E-state index is 0.110. The predicted molar refractivity (Wildman–Crippen MR) is 73.6 cm³/mol. The number of hydrogen-bond donors (Lipinski definition) is 2. The van der Waals surface area contributed by atoms with Crippen LogP contribution in [-0.4, -0.2) is 49.1 Å². The smallest absolute Gasteiger partial charge is 0.236 e. The van der Waals surface area contributed by atoms with Crippen LogP contribution in [0.1, 0.15) is 45.4 Å². The van der Waals surface area contributed by atoms with Crippen LogP contribution in [-0.2, 0) is 4.79 Å². The number of hydrogen-bond acceptors (Lipinski definition) is 3. The molecule has 0 aliphatic carbocycles. The fourth-order valence-electron chi connectivity index (χ4n) is 2.87. The van der Waals surface area contributed by atoms with Gasteiger partial charge in [0.2, 0.25) is 5.91 Å². The summed E-state index contributed by atoms with van der Waals surface area (Å²) >= 11 is 0. The van der Waals surface area contributed by atoms with Gasteiger partial charge in [-0.3, -0.25) is 4.79 Å². The molecule has 2 fully saturated rings. The Morgan fingerprint density at radius 2 is 1.89 bits per heavy atom. The third-order valence-electron chi connectivity index (χ3n) is 4.24. The van der Waals surface area contributed by atoms with E-state index >= 15 is 0 Å². The van der Waals surface area contributed by atoms with Gasteiger partial charge in [-0.2, -0.15) is 0 Å². The van der Waals surface area contributed by atoms with Gasteiger partial charge in [0, 0.05) is 25.2 Å². The highest BCUT2D eigenvalue weighted by atomic mass is 16.2. The molecule has 1 atom stereocenters. The molecule has 2 aliphatic heterocycles. The molecule has 0 saturated carbocycles. The van der Waals surface area contributed by atoms with Crippen LogP contribution >= 0.6 is 0 Å². The molecule has 2 saturated heterocycles. The van der Waals surface area contributed by atoms with E-state index in [1.54, 1.807) is 0 Å². The number of amides is 1. The number of likely N-dealkylation sites (tertiary alicyclic amines) is 1. The summed E-state index contributed by atoms with van der Waals surface area (Å²) in [7, 11) is 0. The summed E-state index contributed by atoms with van der Waals surface area (Å²) in [5.74, 6) is 0.282. The van der Waals surface area contributed by atoms with Crippen molar-refractivity contribution in [3.8, 4) is 0 Å². The van der Waals surface area contributed by atoms with Gasteiger partial charge in [-0.1, -0.05) is 19.3 Å². The van der Waals surface area contributed by atoms with Gasteiger partial charge in [-0.05, 0) is 32.7 Å². The Bertz CT molecular complexity index is 266. The average molecular weight is 253 g/mol. The van der Waals surface area contributed by atoms with Gasteiger partial charge < -0.3 is 15.5 Å². The van der Waals surface area contributed by atoms with Crippen molar-refractivity contribution in [1.29, 1.82) is 0 Å². The number of nitrogens with one attached hydrogen (secondary N) is 2. The fourth-order valence-corrected chi connectivity index (χ4v) is 2.87. The first-order valence-corrected chi connectivity index (χ1v) is 7.43. The first-order valence-electron chi connectivity index (χ1n) is 7.43. The maximum Gasteiger partial charge on any atom is 0.236 e. The molecule has 1 unspecified atom stereocenters. The Labute approximate surface area is 110 Å². The zero-order valence-electron chi connectivity index (χ0n) is 11.6. The zero-order valence-corrected chi connectivity index (χ0v) is 11.6. The van der Waals surface area contributed by atoms with Gasteiger partial charge in [0.05, 0.1) is 6.54 Å². The first-order chi connectivity index (χ1) is 8.70. The second kappa shape index (κ2) is 6.53. The molecule has 18 heavy (non-hydrogen) atoms. The van der Waals surface area contributed by atoms with Crippen molar-refractivity contribution < 1.29 is 4.79 Å². The Hall–Kier alpha value is -0.610. The molecule has 0 bridgehead atoms. The van der Waals surface area contributed by atoms with Crippen LogP contribution < -0.4 is 10.6 Å². The number of rotatable bonds is 3. The van der Waals surface area contributed by atoms with E-state index in [2.05, 4.69) is 22.5 Å². The van der Waals surface area contributed by atoms with Gasteiger partial charge in [0.15, 0.2) is 0 Å². The molecule has 0 aromatic heterocycles. The monoisotopic (exact) mass is 253 g/mol. The van der Waals surface area contributed by atoms with E-state index in [4.69, 9.17) is 0 Å². The van der Waals surface area contributed by atoms with Gasteiger partial charge in [0.1, 0.15) is 0 Å². The van der Waals surface area contributed by atoms with Crippen molar-refractivity contribution in [2.45, 2.75) is 51.0 Å². The number of nitrogens with zero attached hydrogens (tertiary/aromatic N) is 1. The Morgan fingerprint density at radius 3 is 2.50 bits per heavy atom. The minimum Gasteiger partial charge on any atom is -0.342 e. The van der Waals surface area contributed by atoms with Crippen LogP contribution in [0.3, 0.4) is 0 Å². The van der Waals surface area contributed by atoms with E-state index in [0.717, 1.165) is 32.6 Å². The molecule has 2 rings (SSSR count). The molecule has 4 heteroatoms. The quantitative estimate of drug-likeness (QED) is 0.792. The van der Waals surface area contributed by atoms with E-state index in [-0.39, 0.29) is 11.4 Å². The molecule has 1 amide bonds. The summed E-state index contributed by atoms with van der Waals surface area (Å²) in [6.07, 6.45) is 7.34. The summed E-state index contributed by atoms with van der Waals surface area (Å²) in [5.41, 5.74) is 0.110. The van der Waals surface area contributed by atoms with Crippen molar-refractivity contribution in [2.24, 2.45) is 0 Å². The van der Waals surface area contributed by atoms with Crippen LogP contribution in [0.4, 0.5) is 0 Å². The lowest BCUT2D eigenvalue weighted by Crippen LogP contribution is -2.49. The molecule has 0 aromatic rings. The van der Waals surface area contributed by atoms with E-state index < -0.39 is 0 Å². The van der Waals surface area contributed by atoms with E-state index in [9.17, 15) is 4.79 Å². The van der Waals surface area contributed by atoms with Crippen LogP contribution in [0.2, 0.25) is 0 Å². The predicted octanol–water partition coefficient (Wildman–Crippen LogP) is 1.12. The minimum atomic E-state index is 0.110. The molecule has 4 nitrogen and oxygen atoms in total. The Balaban J connectivity index is 1.75. The van der Waals surface area contributed by atoms with Gasteiger partial charge in [-0.15, -0.1) is 0 Å². The summed E-state index contributed by atoms with van der Waals surface area (Å²) in [5, 5.41) is 6.78. The standard InChI is InChI=1S/C14H27N3O/c1-14(7-8-15-12-14)16-11-13(18)17-9-5-3-2-4-6-10-17/h15-16H,2-12H2,1H3. The lowest BCUT2D eigenvalue weighted by Gasteiger charge is -2.28. The highest BCUT2D eigenvalue weighted by molar-refractivity contribution is 5.78. The summed E-state index contributed by atoms with van der Waals surface area (Å²) < 4.78 is 0. The Morgan fingerprint density at radius 1 is 1.22 bits per heavy atom. The summed E-state index contributed by atoms with van der Waals surface area (Å²) in [4.78, 5) is 14.3. The van der Waals surface area contributed by atoms with Gasteiger partial charge in [0.25, 0.3) is 0 Å². The van der Waals surface area contributed by atoms with E-state index in [0.29, 0.717) is 6.54 Å². The van der Waals surface area contributed by atoms with Crippen LogP contribution in [0.5, 0.6) is 0 Å². The van der Waals surface area contributed by atoms with Crippen molar-refractivity contribution in [2.75, 3.05) is 32.7 Å². The molecule has 0 aromatic carbocycles. The molecule has 0 radical (unpaired) electrons. The molecular weight excluding hydrogens is 226 g/mol. The molecular formula is C14H27N3O. The fraction of sp³-hybridized carbons (Fsp3) is 0.929. The average Bonchev–Trinajstić information content (AvgIpc) is 2.73. The van der Waals surface area contributed by atoms with Crippen LogP contribution in [0.15, 0.2) is 0 Å². The molecule has 104 valence electrons. The molecule has 2 aliphatic rings. The van der Waals surface area contributed by atoms with Gasteiger partial charge >= 0.3 is 0 Å². The molecule has 2 N–H and O–H groups in total. The highest BCUT2D eigenvalue weighted by Gasteiger charge is 2.28. The van der Waals surface area contributed by atoms with Crippen molar-refractivity contribution in [3.05, 3.63) is 0 Å². The SMILES string of the molecule is CC1(NCC(=O)N2CCCCCCC2)CCNC1. The molecule has 0 spiro atoms. The molecule has 2 heterocycles. The lowest BCUT2D eigenvalue weighted by atomic mass is 10.0. The lowest BCUT2D eigenvalue weighted by molar-refractivity contribution is -0.130. The van der Waals surface area contributed by atoms with Crippen LogP contribution in [0.25, 0.3) is 0 Å². The zero-order chi connectivity index (χ0) is 12.8. The third-order valence-corrected chi connectivity index (χ3v) is 4.24. The second-order valence-corrected chi connectivity index (χ2v) is 5.99. The summed E-state index contributed by atoms with van der Waals surface area (Å²) in [6, 6.07) is 0. The normalized spacial score (nSPS) is 29.9. The topological polar surface area (TPSA) is 44.4 Å². The van der Waals surface area contributed by atoms with Crippen LogP contribution in [0, 0.1) is 0 Å². The largest absolute Gasteiger partial charge is 0.342 e. The second-order valence-electron chi connectivity index (χ2n) is 5.99. The van der Waals surface area contributed by atoms with E-state index in [1.807, 2.05) is 0 Å². The maximum atomic E-state index is 12.2. The van der Waals surface area contributed by atoms with Crippen molar-refractivity contribution >= 4 is 5.91 Å². The van der Waals surface area contributed by atoms with E-state index in [1.165, 1.54) is 32.1 Å². The van der Waals surface area contributed by atoms with Crippen molar-refractivity contribution in [3.63, 3.8) is 0 Å². The number of carbonyl (C=O) groups is 1. The van der Waals surface area contributed by atoms with Gasteiger partial charge in [-0.25, -0.2) is 0 Å². The first kappa shape index (κ1) is 13.8. The highest BCUT2D eigenvalue weighted by Crippen LogP contribution is 2.14. The summed E-state index contributed by atoms with van der Waals surface area (Å²) in [6.45, 7) is 6.64. The number of carbonyl (C=O) groups excluding carboxylic acids is 1. The Kier molecular flexibility index (Phi) is 5.01. The van der Waals surface area contributed by atoms with Crippen molar-refractivity contribution in [1.82, 2.24) is 15.5 Å². The maximum absolute atomic E-state index is 12.2. The third kappa shape index (κ3) is 3.95.